The maximum absolute atomic E-state index is 5.29. The molecule has 2 aromatic rings. The Kier molecular flexibility index (Phi) is 4.91. The van der Waals surface area contributed by atoms with E-state index in [1.807, 2.05) is 55.4 Å². The minimum atomic E-state index is 0.700. The summed E-state index contributed by atoms with van der Waals surface area (Å²) in [5, 5.41) is 3.95. The van der Waals surface area contributed by atoms with Gasteiger partial charge in [0.2, 0.25) is 0 Å². The minimum Gasteiger partial charge on any atom is -0.355 e. The molecule has 2 aromatic carbocycles. The van der Waals surface area contributed by atoms with E-state index in [0.29, 0.717) is 5.11 Å². The van der Waals surface area contributed by atoms with Crippen LogP contribution in [0.4, 0.5) is 5.69 Å². The molecule has 0 spiro atoms. The molecule has 20 heavy (non-hydrogen) atoms. The number of hydrogen-bond acceptors (Lipinski definition) is 1. The Morgan fingerprint density at radius 1 is 0.950 bits per heavy atom. The first-order valence-electron chi connectivity index (χ1n) is 6.47. The Balaban J connectivity index is 2.20. The molecule has 0 unspecified atom stereocenters. The Bertz CT molecular complexity index is 603. The van der Waals surface area contributed by atoms with E-state index in [9.17, 15) is 0 Å². The highest BCUT2D eigenvalue weighted by molar-refractivity contribution is 7.80. The third kappa shape index (κ3) is 3.93. The fourth-order valence-electron chi connectivity index (χ4n) is 1.73. The van der Waals surface area contributed by atoms with Gasteiger partial charge in [0.15, 0.2) is 5.11 Å². The van der Waals surface area contributed by atoms with Crippen molar-refractivity contribution in [2.24, 2.45) is 0 Å². The molecule has 0 atom stereocenters. The molecule has 102 valence electrons. The summed E-state index contributed by atoms with van der Waals surface area (Å²) in [6, 6.07) is 18.4. The first-order chi connectivity index (χ1) is 9.66. The molecule has 0 aliphatic carbocycles. The van der Waals surface area contributed by atoms with Crippen molar-refractivity contribution in [2.45, 2.75) is 0 Å². The van der Waals surface area contributed by atoms with E-state index in [2.05, 4.69) is 35.7 Å². The van der Waals surface area contributed by atoms with Crippen molar-refractivity contribution in [3.05, 3.63) is 65.7 Å². The van der Waals surface area contributed by atoms with Crippen LogP contribution in [-0.4, -0.2) is 24.1 Å². The van der Waals surface area contributed by atoms with Crippen molar-refractivity contribution in [1.82, 2.24) is 4.90 Å². The van der Waals surface area contributed by atoms with Crippen molar-refractivity contribution < 1.29 is 0 Å². The lowest BCUT2D eigenvalue weighted by Crippen LogP contribution is -2.27. The molecule has 0 fully saturated rings. The topological polar surface area (TPSA) is 15.3 Å². The van der Waals surface area contributed by atoms with Crippen molar-refractivity contribution in [3.63, 3.8) is 0 Å². The van der Waals surface area contributed by atoms with Crippen LogP contribution in [-0.2, 0) is 0 Å². The van der Waals surface area contributed by atoms with Gasteiger partial charge in [-0.3, -0.25) is 0 Å². The van der Waals surface area contributed by atoms with Crippen LogP contribution in [0.15, 0.2) is 54.6 Å². The van der Waals surface area contributed by atoms with Crippen molar-refractivity contribution >= 4 is 35.2 Å². The number of rotatable bonds is 3. The Labute approximate surface area is 125 Å². The summed E-state index contributed by atoms with van der Waals surface area (Å²) in [6.45, 7) is 0. The van der Waals surface area contributed by atoms with E-state index in [-0.39, 0.29) is 0 Å². The second-order valence-electron chi connectivity index (χ2n) is 4.66. The van der Waals surface area contributed by atoms with Crippen LogP contribution in [0.3, 0.4) is 0 Å². The quantitative estimate of drug-likeness (QED) is 0.673. The first kappa shape index (κ1) is 14.3. The summed E-state index contributed by atoms with van der Waals surface area (Å²) in [5.74, 6) is 0. The summed E-state index contributed by atoms with van der Waals surface area (Å²) in [7, 11) is 3.86. The number of para-hydroxylation sites is 1. The number of benzene rings is 2. The molecular formula is C17H18N2S. The van der Waals surface area contributed by atoms with Crippen LogP contribution in [0.1, 0.15) is 11.1 Å². The molecule has 3 heteroatoms. The molecular weight excluding hydrogens is 264 g/mol. The van der Waals surface area contributed by atoms with Gasteiger partial charge in [-0.2, -0.15) is 0 Å². The van der Waals surface area contributed by atoms with E-state index in [1.165, 1.54) is 5.56 Å². The molecule has 0 saturated heterocycles. The largest absolute Gasteiger partial charge is 0.355 e. The molecule has 0 saturated carbocycles. The third-order valence-electron chi connectivity index (χ3n) is 2.86. The van der Waals surface area contributed by atoms with Gasteiger partial charge in [-0.25, -0.2) is 0 Å². The second kappa shape index (κ2) is 6.87. The monoisotopic (exact) mass is 282 g/mol. The normalized spacial score (nSPS) is 10.5. The van der Waals surface area contributed by atoms with E-state index < -0.39 is 0 Å². The first-order valence-corrected chi connectivity index (χ1v) is 6.88. The molecule has 0 bridgehead atoms. The molecule has 0 amide bonds. The van der Waals surface area contributed by atoms with E-state index >= 15 is 0 Å². The SMILES string of the molecule is CN(C)C(=S)Nc1ccccc1/C=C/c1ccccc1. The fourth-order valence-corrected chi connectivity index (χ4v) is 1.84. The van der Waals surface area contributed by atoms with Gasteiger partial charge < -0.3 is 10.2 Å². The molecule has 0 aromatic heterocycles. The van der Waals surface area contributed by atoms with Crippen molar-refractivity contribution in [3.8, 4) is 0 Å². The molecule has 1 N–H and O–H groups in total. The summed E-state index contributed by atoms with van der Waals surface area (Å²) in [6.07, 6.45) is 4.19. The lowest BCUT2D eigenvalue weighted by molar-refractivity contribution is 0.634. The number of anilines is 1. The molecule has 2 nitrogen and oxygen atoms in total. The molecule has 0 heterocycles. The average Bonchev–Trinajstić information content (AvgIpc) is 2.47. The average molecular weight is 282 g/mol. The van der Waals surface area contributed by atoms with Crippen LogP contribution in [0.5, 0.6) is 0 Å². The van der Waals surface area contributed by atoms with E-state index in [4.69, 9.17) is 12.2 Å². The van der Waals surface area contributed by atoms with Crippen molar-refractivity contribution in [1.29, 1.82) is 0 Å². The van der Waals surface area contributed by atoms with E-state index in [1.54, 1.807) is 0 Å². The predicted molar refractivity (Wildman–Crippen MR) is 91.7 cm³/mol. The second-order valence-corrected chi connectivity index (χ2v) is 5.04. The van der Waals surface area contributed by atoms with Crippen LogP contribution < -0.4 is 5.32 Å². The fraction of sp³-hybridized carbons (Fsp3) is 0.118. The van der Waals surface area contributed by atoms with Gasteiger partial charge in [0.05, 0.1) is 0 Å². The number of thiocarbonyl (C=S) groups is 1. The van der Waals surface area contributed by atoms with Gasteiger partial charge in [0.1, 0.15) is 0 Å². The van der Waals surface area contributed by atoms with Gasteiger partial charge in [-0.1, -0.05) is 60.7 Å². The summed E-state index contributed by atoms with van der Waals surface area (Å²) in [4.78, 5) is 1.88. The van der Waals surface area contributed by atoms with Gasteiger partial charge in [0, 0.05) is 19.8 Å². The molecule has 2 rings (SSSR count). The van der Waals surface area contributed by atoms with Crippen LogP contribution in [0.25, 0.3) is 12.2 Å². The lowest BCUT2D eigenvalue weighted by atomic mass is 10.1. The summed E-state index contributed by atoms with van der Waals surface area (Å²) >= 11 is 5.29. The zero-order valence-electron chi connectivity index (χ0n) is 11.7. The minimum absolute atomic E-state index is 0.700. The Morgan fingerprint density at radius 3 is 2.30 bits per heavy atom. The zero-order valence-corrected chi connectivity index (χ0v) is 12.5. The van der Waals surface area contributed by atoms with E-state index in [0.717, 1.165) is 11.3 Å². The lowest BCUT2D eigenvalue weighted by Gasteiger charge is -2.16. The predicted octanol–water partition coefficient (Wildman–Crippen LogP) is 4.12. The van der Waals surface area contributed by atoms with Gasteiger partial charge in [-0.05, 0) is 29.4 Å². The summed E-state index contributed by atoms with van der Waals surface area (Å²) in [5.41, 5.74) is 3.30. The smallest absolute Gasteiger partial charge is 0.172 e. The maximum Gasteiger partial charge on any atom is 0.172 e. The Hall–Kier alpha value is -2.13. The van der Waals surface area contributed by atoms with Gasteiger partial charge >= 0.3 is 0 Å². The van der Waals surface area contributed by atoms with Gasteiger partial charge in [0.25, 0.3) is 0 Å². The highest BCUT2D eigenvalue weighted by Gasteiger charge is 2.02. The number of nitrogens with zero attached hydrogens (tertiary/aromatic N) is 1. The summed E-state index contributed by atoms with van der Waals surface area (Å²) < 4.78 is 0. The highest BCUT2D eigenvalue weighted by Crippen LogP contribution is 2.18. The number of nitrogens with one attached hydrogen (secondary N) is 1. The Morgan fingerprint density at radius 2 is 1.60 bits per heavy atom. The van der Waals surface area contributed by atoms with Crippen molar-refractivity contribution in [2.75, 3.05) is 19.4 Å². The maximum atomic E-state index is 5.29. The van der Waals surface area contributed by atoms with Crippen LogP contribution in [0.2, 0.25) is 0 Å². The van der Waals surface area contributed by atoms with Gasteiger partial charge in [-0.15, -0.1) is 0 Å². The zero-order chi connectivity index (χ0) is 14.4. The molecule has 0 aliphatic rings. The number of hydrogen-bond donors (Lipinski definition) is 1. The third-order valence-corrected chi connectivity index (χ3v) is 3.33. The molecule has 0 radical (unpaired) electrons. The molecule has 0 aliphatic heterocycles. The van der Waals surface area contributed by atoms with Crippen LogP contribution in [0, 0.1) is 0 Å². The van der Waals surface area contributed by atoms with Crippen LogP contribution >= 0.6 is 12.2 Å². The standard InChI is InChI=1S/C17H18N2S/c1-19(2)17(20)18-16-11-7-6-10-15(16)13-12-14-8-4-3-5-9-14/h3-13H,1-2H3,(H,18,20)/b13-12+. The highest BCUT2D eigenvalue weighted by atomic mass is 32.1.